The molecule has 0 spiro atoms. The zero-order chi connectivity index (χ0) is 15.2. The Morgan fingerprint density at radius 2 is 2.19 bits per heavy atom. The van der Waals surface area contributed by atoms with Crippen LogP contribution in [0.25, 0.3) is 0 Å². The lowest BCUT2D eigenvalue weighted by Gasteiger charge is -2.16. The van der Waals surface area contributed by atoms with Gasteiger partial charge in [-0.2, -0.15) is 0 Å². The van der Waals surface area contributed by atoms with Crippen LogP contribution in [0.3, 0.4) is 0 Å². The second-order valence-electron chi connectivity index (χ2n) is 6.23. The molecule has 21 heavy (non-hydrogen) atoms. The zero-order valence-corrected chi connectivity index (χ0v) is 13.2. The number of hydrogen-bond donors (Lipinski definition) is 1. The van der Waals surface area contributed by atoms with E-state index in [1.54, 1.807) is 12.1 Å². The van der Waals surface area contributed by atoms with E-state index in [0.717, 1.165) is 30.7 Å². The van der Waals surface area contributed by atoms with Crippen molar-refractivity contribution in [1.29, 1.82) is 0 Å². The first-order chi connectivity index (χ1) is 10.0. The Kier molecular flexibility index (Phi) is 6.00. The molecule has 0 aliphatic carbocycles. The summed E-state index contributed by atoms with van der Waals surface area (Å²) in [6.07, 6.45) is 2.59. The lowest BCUT2D eigenvalue weighted by atomic mass is 10.1. The van der Waals surface area contributed by atoms with Crippen LogP contribution in [0.2, 0.25) is 0 Å². The van der Waals surface area contributed by atoms with Crippen molar-refractivity contribution >= 4 is 0 Å². The lowest BCUT2D eigenvalue weighted by Crippen LogP contribution is -2.21. The maximum absolute atomic E-state index is 13.4. The molecule has 0 bridgehead atoms. The van der Waals surface area contributed by atoms with Crippen LogP contribution in [-0.2, 0) is 11.3 Å². The van der Waals surface area contributed by atoms with Crippen LogP contribution in [-0.4, -0.2) is 25.4 Å². The Balaban J connectivity index is 1.91. The second-order valence-corrected chi connectivity index (χ2v) is 6.23. The summed E-state index contributed by atoms with van der Waals surface area (Å²) < 4.78 is 25.0. The molecule has 1 fully saturated rings. The number of nitrogens with one attached hydrogen (secondary N) is 1. The smallest absolute Gasteiger partial charge is 0.124 e. The van der Waals surface area contributed by atoms with Crippen molar-refractivity contribution < 1.29 is 13.9 Å². The highest BCUT2D eigenvalue weighted by Gasteiger charge is 2.22. The monoisotopic (exact) mass is 295 g/mol. The number of ether oxygens (including phenoxy) is 2. The molecule has 1 heterocycles. The Morgan fingerprint density at radius 1 is 1.38 bits per heavy atom. The molecule has 4 heteroatoms. The van der Waals surface area contributed by atoms with Crippen molar-refractivity contribution in [1.82, 2.24) is 5.32 Å². The minimum atomic E-state index is -0.227. The molecule has 0 radical (unpaired) electrons. The van der Waals surface area contributed by atoms with Gasteiger partial charge in [0.15, 0.2) is 0 Å². The zero-order valence-electron chi connectivity index (χ0n) is 13.2. The Hall–Kier alpha value is -1.13. The van der Waals surface area contributed by atoms with Crippen molar-refractivity contribution in [2.45, 2.75) is 52.4 Å². The first-order valence-electron chi connectivity index (χ1n) is 7.82. The van der Waals surface area contributed by atoms with Crippen LogP contribution < -0.4 is 10.1 Å². The molecule has 3 nitrogen and oxygen atoms in total. The minimum absolute atomic E-state index is 0.154. The molecule has 1 aromatic carbocycles. The fourth-order valence-corrected chi connectivity index (χ4v) is 2.51. The highest BCUT2D eigenvalue weighted by molar-refractivity contribution is 5.34. The van der Waals surface area contributed by atoms with Gasteiger partial charge in [-0.3, -0.25) is 0 Å². The second kappa shape index (κ2) is 7.76. The van der Waals surface area contributed by atoms with E-state index < -0.39 is 0 Å². The molecule has 2 rings (SSSR count). The van der Waals surface area contributed by atoms with Gasteiger partial charge in [0.05, 0.1) is 12.2 Å². The first-order valence-corrected chi connectivity index (χ1v) is 7.82. The summed E-state index contributed by atoms with van der Waals surface area (Å²) in [4.78, 5) is 0. The quantitative estimate of drug-likeness (QED) is 0.835. The van der Waals surface area contributed by atoms with Crippen molar-refractivity contribution in [3.63, 3.8) is 0 Å². The topological polar surface area (TPSA) is 30.5 Å². The van der Waals surface area contributed by atoms with Crippen LogP contribution in [0.4, 0.5) is 4.39 Å². The average Bonchev–Trinajstić information content (AvgIpc) is 2.83. The van der Waals surface area contributed by atoms with Gasteiger partial charge >= 0.3 is 0 Å². The van der Waals surface area contributed by atoms with Gasteiger partial charge < -0.3 is 14.8 Å². The summed E-state index contributed by atoms with van der Waals surface area (Å²) in [6.45, 7) is 8.43. The molecule has 2 atom stereocenters. The molecule has 1 aliphatic heterocycles. The van der Waals surface area contributed by atoms with Gasteiger partial charge in [0, 0.05) is 12.1 Å². The van der Waals surface area contributed by atoms with Crippen LogP contribution in [0.1, 0.15) is 39.2 Å². The Bertz CT molecular complexity index is 450. The molecular formula is C17H26FNO2. The standard InChI is InChI=1S/C17H26FNO2/c1-12(2)9-19-10-14-8-15(18)5-7-17(14)20-11-16-6-4-13(3)21-16/h5,7-8,12-13,16,19H,4,6,9-11H2,1-3H3. The van der Waals surface area contributed by atoms with Crippen molar-refractivity contribution in [2.75, 3.05) is 13.2 Å². The van der Waals surface area contributed by atoms with Gasteiger partial charge in [0.1, 0.15) is 18.2 Å². The van der Waals surface area contributed by atoms with Gasteiger partial charge in [-0.1, -0.05) is 13.8 Å². The third-order valence-corrected chi connectivity index (χ3v) is 3.64. The Morgan fingerprint density at radius 3 is 2.86 bits per heavy atom. The van der Waals surface area contributed by atoms with E-state index >= 15 is 0 Å². The molecule has 0 aromatic heterocycles. The van der Waals surface area contributed by atoms with E-state index in [9.17, 15) is 4.39 Å². The van der Waals surface area contributed by atoms with Crippen LogP contribution >= 0.6 is 0 Å². The van der Waals surface area contributed by atoms with Gasteiger partial charge in [0.2, 0.25) is 0 Å². The molecule has 1 saturated heterocycles. The molecule has 0 saturated carbocycles. The summed E-state index contributed by atoms with van der Waals surface area (Å²) >= 11 is 0. The highest BCUT2D eigenvalue weighted by Crippen LogP contribution is 2.23. The van der Waals surface area contributed by atoms with Gasteiger partial charge in [-0.15, -0.1) is 0 Å². The van der Waals surface area contributed by atoms with E-state index in [1.807, 2.05) is 0 Å². The predicted molar refractivity (Wildman–Crippen MR) is 82.0 cm³/mol. The largest absolute Gasteiger partial charge is 0.491 e. The summed E-state index contributed by atoms with van der Waals surface area (Å²) in [7, 11) is 0. The fraction of sp³-hybridized carbons (Fsp3) is 0.647. The SMILES string of the molecule is CC(C)CNCc1cc(F)ccc1OCC1CCC(C)O1. The summed E-state index contributed by atoms with van der Waals surface area (Å²) in [5, 5.41) is 3.33. The number of halogens is 1. The van der Waals surface area contributed by atoms with Crippen LogP contribution in [0.5, 0.6) is 5.75 Å². The fourth-order valence-electron chi connectivity index (χ4n) is 2.51. The Labute approximate surface area is 126 Å². The van der Waals surface area contributed by atoms with Gasteiger partial charge in [0.25, 0.3) is 0 Å². The van der Waals surface area contributed by atoms with E-state index in [0.29, 0.717) is 25.2 Å². The minimum Gasteiger partial charge on any atom is -0.491 e. The van der Waals surface area contributed by atoms with Crippen molar-refractivity contribution in [3.05, 3.63) is 29.6 Å². The summed E-state index contributed by atoms with van der Waals surface area (Å²) in [5.41, 5.74) is 0.863. The highest BCUT2D eigenvalue weighted by atomic mass is 19.1. The lowest BCUT2D eigenvalue weighted by molar-refractivity contribution is 0.0262. The van der Waals surface area contributed by atoms with Crippen LogP contribution in [0, 0.1) is 11.7 Å². The van der Waals surface area contributed by atoms with Crippen LogP contribution in [0.15, 0.2) is 18.2 Å². The van der Waals surface area contributed by atoms with Gasteiger partial charge in [-0.05, 0) is 50.4 Å². The molecule has 118 valence electrons. The maximum Gasteiger partial charge on any atom is 0.124 e. The van der Waals surface area contributed by atoms with E-state index in [-0.39, 0.29) is 11.9 Å². The summed E-state index contributed by atoms with van der Waals surface area (Å²) in [5.74, 6) is 1.08. The van der Waals surface area contributed by atoms with Crippen molar-refractivity contribution in [2.24, 2.45) is 5.92 Å². The molecule has 0 amide bonds. The predicted octanol–water partition coefficient (Wildman–Crippen LogP) is 3.52. The molecule has 1 aromatic rings. The number of hydrogen-bond acceptors (Lipinski definition) is 3. The van der Waals surface area contributed by atoms with E-state index in [1.165, 1.54) is 6.07 Å². The molecular weight excluding hydrogens is 269 g/mol. The molecule has 1 aliphatic rings. The molecule has 1 N–H and O–H groups in total. The van der Waals surface area contributed by atoms with E-state index in [4.69, 9.17) is 9.47 Å². The average molecular weight is 295 g/mol. The number of benzene rings is 1. The number of rotatable bonds is 7. The third-order valence-electron chi connectivity index (χ3n) is 3.64. The molecule has 2 unspecified atom stereocenters. The summed E-state index contributed by atoms with van der Waals surface area (Å²) in [6, 6.07) is 4.69. The third kappa shape index (κ3) is 5.29. The normalized spacial score (nSPS) is 22.0. The first kappa shape index (κ1) is 16.2. The van der Waals surface area contributed by atoms with E-state index in [2.05, 4.69) is 26.1 Å². The maximum atomic E-state index is 13.4. The van der Waals surface area contributed by atoms with Gasteiger partial charge in [-0.25, -0.2) is 4.39 Å². The van der Waals surface area contributed by atoms with Crippen molar-refractivity contribution in [3.8, 4) is 5.75 Å².